The van der Waals surface area contributed by atoms with Gasteiger partial charge < -0.3 is 21.3 Å². The molecule has 1 fully saturated rings. The number of nitrogens with two attached hydrogens (primary N) is 1. The number of rotatable bonds is 15. The standard InChI is InChI=1S/C43H46N4O4/c44-41(49)29-47(23-20-30-8-2-1-3-9-30)43(51)38(26-31-14-16-33-10-4-6-12-36(33)24-31)28-40(48)39(46-42(50)35-18-21-45-22-19-35)27-32-15-17-34-11-5-7-13-37(34)25-32/h1-17,24-25,35,38-39,45H,18-23,26-29H2,(H2,44,49)(H,46,50)/t38-,39+/m0/s1. The van der Waals surface area contributed by atoms with Gasteiger partial charge in [-0.1, -0.05) is 115 Å². The summed E-state index contributed by atoms with van der Waals surface area (Å²) in [6.45, 7) is 1.53. The number of Topliss-reactive ketones (excluding diaryl/α,β-unsaturated/α-hetero) is 1. The van der Waals surface area contributed by atoms with E-state index in [1.807, 2.05) is 109 Å². The van der Waals surface area contributed by atoms with Gasteiger partial charge in [0.15, 0.2) is 5.78 Å². The normalized spacial score (nSPS) is 14.5. The first-order valence-corrected chi connectivity index (χ1v) is 17.9. The largest absolute Gasteiger partial charge is 0.368 e. The molecule has 1 aliphatic rings. The monoisotopic (exact) mass is 682 g/mol. The van der Waals surface area contributed by atoms with Gasteiger partial charge in [0.2, 0.25) is 17.7 Å². The first-order chi connectivity index (χ1) is 24.8. The highest BCUT2D eigenvalue weighted by molar-refractivity contribution is 5.94. The average molecular weight is 683 g/mol. The molecule has 8 nitrogen and oxygen atoms in total. The third-order valence-corrected chi connectivity index (χ3v) is 9.93. The van der Waals surface area contributed by atoms with Crippen LogP contribution < -0.4 is 16.4 Å². The molecule has 0 spiro atoms. The van der Waals surface area contributed by atoms with E-state index in [1.54, 1.807) is 0 Å². The Labute approximate surface area is 299 Å². The van der Waals surface area contributed by atoms with Crippen molar-refractivity contribution in [2.45, 2.75) is 44.6 Å². The Bertz CT molecular complexity index is 1990. The summed E-state index contributed by atoms with van der Waals surface area (Å²) in [6, 6.07) is 37.1. The fraction of sp³-hybridized carbons (Fsp3) is 0.302. The number of primary amides is 1. The molecule has 1 heterocycles. The number of fused-ring (bicyclic) bond motifs is 2. The third kappa shape index (κ3) is 9.67. The minimum Gasteiger partial charge on any atom is -0.368 e. The topological polar surface area (TPSA) is 122 Å². The maximum Gasteiger partial charge on any atom is 0.237 e. The Balaban J connectivity index is 1.29. The van der Waals surface area contributed by atoms with Crippen molar-refractivity contribution in [2.75, 3.05) is 26.2 Å². The van der Waals surface area contributed by atoms with E-state index in [4.69, 9.17) is 5.73 Å². The molecule has 0 aromatic heterocycles. The maximum absolute atomic E-state index is 14.5. The summed E-state index contributed by atoms with van der Waals surface area (Å²) in [5, 5.41) is 10.7. The van der Waals surface area contributed by atoms with Crippen molar-refractivity contribution >= 4 is 45.0 Å². The number of carbonyl (C=O) groups is 4. The molecule has 4 N–H and O–H groups in total. The summed E-state index contributed by atoms with van der Waals surface area (Å²) < 4.78 is 0. The van der Waals surface area contributed by atoms with Gasteiger partial charge in [-0.2, -0.15) is 0 Å². The Morgan fingerprint density at radius 1 is 0.706 bits per heavy atom. The Hall–Kier alpha value is -5.34. The van der Waals surface area contributed by atoms with Gasteiger partial charge in [0.25, 0.3) is 0 Å². The van der Waals surface area contributed by atoms with Crippen LogP contribution in [0.15, 0.2) is 115 Å². The first-order valence-electron chi connectivity index (χ1n) is 17.9. The van der Waals surface area contributed by atoms with Crippen LogP contribution >= 0.6 is 0 Å². The van der Waals surface area contributed by atoms with E-state index < -0.39 is 17.9 Å². The van der Waals surface area contributed by atoms with E-state index in [0.29, 0.717) is 32.1 Å². The summed E-state index contributed by atoms with van der Waals surface area (Å²) >= 11 is 0. The fourth-order valence-electron chi connectivity index (χ4n) is 7.12. The Kier molecular flexibility index (Phi) is 11.9. The van der Waals surface area contributed by atoms with Gasteiger partial charge in [-0.25, -0.2) is 0 Å². The molecule has 1 saturated heterocycles. The van der Waals surface area contributed by atoms with Crippen molar-refractivity contribution in [3.8, 4) is 0 Å². The zero-order chi connectivity index (χ0) is 35.6. The zero-order valence-electron chi connectivity index (χ0n) is 28.9. The van der Waals surface area contributed by atoms with Crippen LogP contribution in [0.5, 0.6) is 0 Å². The summed E-state index contributed by atoms with van der Waals surface area (Å²) in [5.74, 6) is -2.23. The molecule has 5 aromatic rings. The van der Waals surface area contributed by atoms with Crippen LogP contribution in [0, 0.1) is 11.8 Å². The van der Waals surface area contributed by atoms with Crippen LogP contribution in [0.3, 0.4) is 0 Å². The molecule has 51 heavy (non-hydrogen) atoms. The maximum atomic E-state index is 14.5. The van der Waals surface area contributed by atoms with Crippen molar-refractivity contribution in [2.24, 2.45) is 17.6 Å². The number of hydrogen-bond acceptors (Lipinski definition) is 5. The first kappa shape index (κ1) is 35.5. The highest BCUT2D eigenvalue weighted by Gasteiger charge is 2.33. The Morgan fingerprint density at radius 2 is 1.27 bits per heavy atom. The highest BCUT2D eigenvalue weighted by atomic mass is 16.2. The lowest BCUT2D eigenvalue weighted by atomic mass is 9.88. The minimum atomic E-state index is -0.825. The highest BCUT2D eigenvalue weighted by Crippen LogP contribution is 2.24. The van der Waals surface area contributed by atoms with E-state index >= 15 is 0 Å². The predicted octanol–water partition coefficient (Wildman–Crippen LogP) is 5.39. The number of nitrogens with zero attached hydrogens (tertiary/aromatic N) is 1. The van der Waals surface area contributed by atoms with Crippen LogP contribution in [0.2, 0.25) is 0 Å². The van der Waals surface area contributed by atoms with E-state index in [2.05, 4.69) is 16.7 Å². The van der Waals surface area contributed by atoms with Gasteiger partial charge in [0.1, 0.15) is 0 Å². The molecule has 0 saturated carbocycles. The van der Waals surface area contributed by atoms with Crippen molar-refractivity contribution in [1.29, 1.82) is 0 Å². The second-order valence-corrected chi connectivity index (χ2v) is 13.7. The molecule has 0 unspecified atom stereocenters. The molecule has 5 aromatic carbocycles. The summed E-state index contributed by atoms with van der Waals surface area (Å²) in [7, 11) is 0. The summed E-state index contributed by atoms with van der Waals surface area (Å²) in [5.41, 5.74) is 8.52. The van der Waals surface area contributed by atoms with Gasteiger partial charge in [-0.3, -0.25) is 19.2 Å². The van der Waals surface area contributed by atoms with Crippen molar-refractivity contribution in [3.05, 3.63) is 132 Å². The van der Waals surface area contributed by atoms with Gasteiger partial charge in [-0.05, 0) is 83.4 Å². The van der Waals surface area contributed by atoms with Gasteiger partial charge >= 0.3 is 0 Å². The van der Waals surface area contributed by atoms with Crippen LogP contribution in [0.1, 0.15) is 36.0 Å². The molecular formula is C43H46N4O4. The lowest BCUT2D eigenvalue weighted by Gasteiger charge is -2.29. The molecule has 6 rings (SSSR count). The van der Waals surface area contributed by atoms with Crippen molar-refractivity contribution < 1.29 is 19.2 Å². The van der Waals surface area contributed by atoms with Gasteiger partial charge in [0.05, 0.1) is 12.6 Å². The molecule has 262 valence electrons. The molecule has 0 aliphatic carbocycles. The molecule has 1 aliphatic heterocycles. The third-order valence-electron chi connectivity index (χ3n) is 9.93. The SMILES string of the molecule is NC(=O)CN(CCc1ccccc1)C(=O)[C@H](CC(=O)[C@@H](Cc1ccc2ccccc2c1)NC(=O)C1CCNCC1)Cc1ccc2ccccc2c1. The van der Waals surface area contributed by atoms with Gasteiger partial charge in [-0.15, -0.1) is 0 Å². The van der Waals surface area contributed by atoms with Gasteiger partial charge in [0, 0.05) is 24.8 Å². The molecule has 0 radical (unpaired) electrons. The van der Waals surface area contributed by atoms with Crippen LogP contribution in [0.25, 0.3) is 21.5 Å². The zero-order valence-corrected chi connectivity index (χ0v) is 28.9. The minimum absolute atomic E-state index is 0.100. The van der Waals surface area contributed by atoms with E-state index in [1.165, 1.54) is 4.90 Å². The van der Waals surface area contributed by atoms with Crippen molar-refractivity contribution in [1.82, 2.24) is 15.5 Å². The summed E-state index contributed by atoms with van der Waals surface area (Å²) in [4.78, 5) is 56.3. The lowest BCUT2D eigenvalue weighted by Crippen LogP contribution is -2.49. The van der Waals surface area contributed by atoms with E-state index in [-0.39, 0.29) is 43.0 Å². The molecule has 3 amide bonds. The number of carbonyl (C=O) groups excluding carboxylic acids is 4. The summed E-state index contributed by atoms with van der Waals surface area (Å²) in [6.07, 6.45) is 2.44. The second kappa shape index (κ2) is 17.1. The van der Waals surface area contributed by atoms with E-state index in [0.717, 1.165) is 51.3 Å². The number of nitrogens with one attached hydrogen (secondary N) is 2. The molecule has 8 heteroatoms. The molecule has 0 bridgehead atoms. The van der Waals surface area contributed by atoms with Crippen LogP contribution in [0.4, 0.5) is 0 Å². The fourth-order valence-corrected chi connectivity index (χ4v) is 7.12. The average Bonchev–Trinajstić information content (AvgIpc) is 3.16. The number of piperidine rings is 1. The van der Waals surface area contributed by atoms with Crippen molar-refractivity contribution in [3.63, 3.8) is 0 Å². The van der Waals surface area contributed by atoms with Crippen LogP contribution in [-0.4, -0.2) is 60.6 Å². The lowest BCUT2D eigenvalue weighted by molar-refractivity contribution is -0.141. The number of ketones is 1. The Morgan fingerprint density at radius 3 is 1.88 bits per heavy atom. The predicted molar refractivity (Wildman–Crippen MR) is 202 cm³/mol. The number of benzene rings is 5. The second-order valence-electron chi connectivity index (χ2n) is 13.7. The van der Waals surface area contributed by atoms with Crippen LogP contribution in [-0.2, 0) is 38.4 Å². The quantitative estimate of drug-likeness (QED) is 0.137. The molecular weight excluding hydrogens is 636 g/mol. The number of amides is 3. The van der Waals surface area contributed by atoms with E-state index in [9.17, 15) is 19.2 Å². The number of hydrogen-bond donors (Lipinski definition) is 3. The molecule has 2 atom stereocenters. The smallest absolute Gasteiger partial charge is 0.237 e.